The Balaban J connectivity index is 2.09. The molecule has 108 valence electrons. The number of benzene rings is 1. The summed E-state index contributed by atoms with van der Waals surface area (Å²) in [6.07, 6.45) is 0. The summed E-state index contributed by atoms with van der Waals surface area (Å²) >= 11 is 0. The van der Waals surface area contributed by atoms with E-state index in [1.807, 2.05) is 18.2 Å². The molecule has 2 heterocycles. The first-order valence-electron chi connectivity index (χ1n) is 6.29. The maximum atomic E-state index is 9.21. The van der Waals surface area contributed by atoms with Crippen LogP contribution < -0.4 is 5.73 Å². The second-order valence-corrected chi connectivity index (χ2v) is 6.40. The van der Waals surface area contributed by atoms with Gasteiger partial charge in [0.05, 0.1) is 14.2 Å². The molecular formula is C15H15N3O2S. The van der Waals surface area contributed by atoms with Gasteiger partial charge in [0.1, 0.15) is 17.5 Å². The number of nitriles is 1. The fraction of sp³-hybridized carbons (Fsp3) is 0.133. The summed E-state index contributed by atoms with van der Waals surface area (Å²) < 4.78 is 10.6. The van der Waals surface area contributed by atoms with Gasteiger partial charge in [-0.1, -0.05) is 0 Å². The van der Waals surface area contributed by atoms with Crippen molar-refractivity contribution in [1.29, 1.82) is 5.26 Å². The third kappa shape index (κ3) is 2.12. The highest BCUT2D eigenvalue weighted by atomic mass is 32.2. The minimum absolute atomic E-state index is 0.407. The van der Waals surface area contributed by atoms with Crippen LogP contribution in [0.1, 0.15) is 5.56 Å². The molecule has 1 aliphatic rings. The largest absolute Gasteiger partial charge is 0.492 e. The summed E-state index contributed by atoms with van der Waals surface area (Å²) in [6, 6.07) is 8.13. The molecule has 1 aliphatic heterocycles. The lowest BCUT2D eigenvalue weighted by atomic mass is 10.2. The first-order chi connectivity index (χ1) is 10.2. The number of rotatable bonds is 3. The number of H-pyrrole nitrogens is 1. The van der Waals surface area contributed by atoms with Crippen molar-refractivity contribution in [2.75, 3.05) is 20.0 Å². The van der Waals surface area contributed by atoms with Gasteiger partial charge in [-0.2, -0.15) is 16.2 Å². The molecule has 1 aromatic heterocycles. The topological polar surface area (TPSA) is 84.1 Å². The van der Waals surface area contributed by atoms with E-state index < -0.39 is 10.9 Å². The van der Waals surface area contributed by atoms with E-state index in [0.717, 1.165) is 27.3 Å². The molecule has 5 nitrogen and oxygen atoms in total. The van der Waals surface area contributed by atoms with Gasteiger partial charge in [-0.25, -0.2) is 0 Å². The van der Waals surface area contributed by atoms with E-state index in [9.17, 15) is 5.26 Å². The second kappa shape index (κ2) is 5.11. The van der Waals surface area contributed by atoms with Crippen LogP contribution in [0.15, 0.2) is 45.4 Å². The van der Waals surface area contributed by atoms with Gasteiger partial charge in [0, 0.05) is 21.7 Å². The number of hydrogen-bond donors (Lipinski definition) is 3. The van der Waals surface area contributed by atoms with Crippen molar-refractivity contribution in [3.8, 4) is 6.07 Å². The quantitative estimate of drug-likeness (QED) is 0.761. The number of fused-ring (bicyclic) bond motifs is 1. The molecule has 0 unspecified atom stereocenters. The first-order valence-corrected chi connectivity index (χ1v) is 7.77. The van der Waals surface area contributed by atoms with Crippen molar-refractivity contribution >= 4 is 27.6 Å². The molecule has 3 rings (SSSR count). The molecule has 0 atom stereocenters. The van der Waals surface area contributed by atoms with Gasteiger partial charge in [-0.3, -0.25) is 0 Å². The predicted octanol–water partition coefficient (Wildman–Crippen LogP) is 2.97. The minimum atomic E-state index is -0.650. The van der Waals surface area contributed by atoms with Crippen molar-refractivity contribution in [1.82, 2.24) is 4.98 Å². The van der Waals surface area contributed by atoms with Gasteiger partial charge in [0.25, 0.3) is 0 Å². The zero-order chi connectivity index (χ0) is 15.0. The normalized spacial score (nSPS) is 15.6. The maximum Gasteiger partial charge on any atom is 0.166 e. The zero-order valence-corrected chi connectivity index (χ0v) is 12.6. The third-order valence-corrected chi connectivity index (χ3v) is 5.32. The lowest BCUT2D eigenvalue weighted by Gasteiger charge is -2.09. The van der Waals surface area contributed by atoms with Crippen LogP contribution in [0, 0.1) is 11.3 Å². The number of nitrogens with one attached hydrogen (secondary N) is 1. The van der Waals surface area contributed by atoms with Crippen molar-refractivity contribution in [2.24, 2.45) is 0 Å². The Morgan fingerprint density at radius 1 is 1.19 bits per heavy atom. The van der Waals surface area contributed by atoms with E-state index in [0.29, 0.717) is 11.4 Å². The van der Waals surface area contributed by atoms with E-state index in [1.165, 1.54) is 0 Å². The number of nitrogen functional groups attached to an aromatic ring is 1. The molecular weight excluding hydrogens is 286 g/mol. The van der Waals surface area contributed by atoms with Gasteiger partial charge < -0.3 is 20.2 Å². The van der Waals surface area contributed by atoms with Crippen molar-refractivity contribution < 1.29 is 9.47 Å². The Hall–Kier alpha value is -2.52. The van der Waals surface area contributed by atoms with E-state index in [4.69, 9.17) is 15.2 Å². The first kappa shape index (κ1) is 13.5. The molecule has 2 aromatic rings. The molecule has 3 N–H and O–H groups in total. The van der Waals surface area contributed by atoms with Gasteiger partial charge in [-0.15, -0.1) is 0 Å². The monoisotopic (exact) mass is 301 g/mol. The van der Waals surface area contributed by atoms with Gasteiger partial charge in [0.2, 0.25) is 0 Å². The number of anilines is 1. The minimum Gasteiger partial charge on any atom is -0.492 e. The van der Waals surface area contributed by atoms with Crippen molar-refractivity contribution in [3.05, 3.63) is 46.1 Å². The van der Waals surface area contributed by atoms with Crippen LogP contribution in [0.2, 0.25) is 0 Å². The van der Waals surface area contributed by atoms with Crippen LogP contribution in [0.3, 0.4) is 0 Å². The summed E-state index contributed by atoms with van der Waals surface area (Å²) in [5, 5.41) is 14.2. The number of aromatic amines is 1. The molecule has 0 amide bonds. The van der Waals surface area contributed by atoms with Crippen LogP contribution in [0.5, 0.6) is 0 Å². The smallest absolute Gasteiger partial charge is 0.166 e. The zero-order valence-electron chi connectivity index (χ0n) is 11.7. The van der Waals surface area contributed by atoms with Gasteiger partial charge in [0.15, 0.2) is 11.5 Å². The molecule has 0 bridgehead atoms. The Morgan fingerprint density at radius 2 is 1.86 bits per heavy atom. The van der Waals surface area contributed by atoms with E-state index >= 15 is 0 Å². The van der Waals surface area contributed by atoms with Gasteiger partial charge in [-0.05, 0) is 23.1 Å². The third-order valence-electron chi connectivity index (χ3n) is 3.42. The van der Waals surface area contributed by atoms with Crippen LogP contribution >= 0.6 is 10.9 Å². The highest BCUT2D eigenvalue weighted by Crippen LogP contribution is 2.48. The standard InChI is InChI=1S/C15H15N3O2S/c1-19-13-7-21(8-14(13)20-2)9-3-4-12-10(5-9)11(6-16)15(17)18-12/h3-5,7-8,18,21H,17H2,1-2H3. The molecule has 1 aromatic carbocycles. The van der Waals surface area contributed by atoms with Gasteiger partial charge >= 0.3 is 0 Å². The number of methoxy groups -OCH3 is 2. The number of aromatic nitrogens is 1. The summed E-state index contributed by atoms with van der Waals surface area (Å²) in [5.74, 6) is 1.90. The predicted molar refractivity (Wildman–Crippen MR) is 84.9 cm³/mol. The fourth-order valence-corrected chi connectivity index (χ4v) is 4.22. The van der Waals surface area contributed by atoms with Crippen LogP contribution in [-0.2, 0) is 9.47 Å². The second-order valence-electron chi connectivity index (χ2n) is 4.56. The molecule has 21 heavy (non-hydrogen) atoms. The van der Waals surface area contributed by atoms with E-state index in [1.54, 1.807) is 14.2 Å². The van der Waals surface area contributed by atoms with Crippen molar-refractivity contribution in [2.45, 2.75) is 4.90 Å². The fourth-order valence-electron chi connectivity index (χ4n) is 2.35. The number of nitrogens with two attached hydrogens (primary N) is 1. The summed E-state index contributed by atoms with van der Waals surface area (Å²) in [5.41, 5.74) is 7.18. The summed E-state index contributed by atoms with van der Waals surface area (Å²) in [7, 11) is 2.60. The molecule has 0 saturated heterocycles. The molecule has 0 aliphatic carbocycles. The summed E-state index contributed by atoms with van der Waals surface area (Å²) in [6.45, 7) is 0. The van der Waals surface area contributed by atoms with Crippen LogP contribution in [-0.4, -0.2) is 19.2 Å². The number of hydrogen-bond acceptors (Lipinski definition) is 4. The molecule has 0 fully saturated rings. The highest BCUT2D eigenvalue weighted by Gasteiger charge is 2.19. The van der Waals surface area contributed by atoms with E-state index in [-0.39, 0.29) is 0 Å². The lowest BCUT2D eigenvalue weighted by molar-refractivity contribution is 0.223. The van der Waals surface area contributed by atoms with Crippen LogP contribution in [0.25, 0.3) is 10.9 Å². The Kier molecular flexibility index (Phi) is 3.28. The van der Waals surface area contributed by atoms with E-state index in [2.05, 4.69) is 21.9 Å². The molecule has 0 spiro atoms. The molecule has 0 radical (unpaired) electrons. The SMILES string of the molecule is COC1=C[SH](c2ccc3[nH]c(N)c(C#N)c3c2)C=C1OC. The Bertz CT molecular complexity index is 794. The van der Waals surface area contributed by atoms with Crippen LogP contribution in [0.4, 0.5) is 5.82 Å². The summed E-state index contributed by atoms with van der Waals surface area (Å²) in [4.78, 5) is 4.14. The number of thiol groups is 1. The van der Waals surface area contributed by atoms with Crippen molar-refractivity contribution in [3.63, 3.8) is 0 Å². The maximum absolute atomic E-state index is 9.21. The Morgan fingerprint density at radius 3 is 2.43 bits per heavy atom. The average molecular weight is 301 g/mol. The number of ether oxygens (including phenoxy) is 2. The lowest BCUT2D eigenvalue weighted by Crippen LogP contribution is -1.90. The Labute approximate surface area is 125 Å². The number of nitrogens with zero attached hydrogens (tertiary/aromatic N) is 1. The average Bonchev–Trinajstić information content (AvgIpc) is 3.05. The molecule has 0 saturated carbocycles. The highest BCUT2D eigenvalue weighted by molar-refractivity contribution is 8.22. The molecule has 6 heteroatoms.